The first kappa shape index (κ1) is 20.5. The first-order chi connectivity index (χ1) is 13.0. The Balaban J connectivity index is 2.36. The number of nitrogens with zero attached hydrogens (tertiary/aromatic N) is 1. The van der Waals surface area contributed by atoms with E-state index in [1.54, 1.807) is 6.92 Å². The van der Waals surface area contributed by atoms with Crippen LogP contribution < -0.4 is 19.5 Å². The van der Waals surface area contributed by atoms with Gasteiger partial charge in [-0.3, -0.25) is 4.79 Å². The molecule has 0 fully saturated rings. The summed E-state index contributed by atoms with van der Waals surface area (Å²) in [5.41, 5.74) is 0.527. The third kappa shape index (κ3) is 4.48. The molecule has 2 rings (SSSR count). The molecule has 0 aliphatic carbocycles. The predicted octanol–water partition coefficient (Wildman–Crippen LogP) is 3.30. The van der Waals surface area contributed by atoms with Gasteiger partial charge in [-0.2, -0.15) is 0 Å². The Labute approximate surface area is 164 Å². The van der Waals surface area contributed by atoms with Crippen LogP contribution in [-0.2, 0) is 4.74 Å². The van der Waals surface area contributed by atoms with Crippen molar-refractivity contribution in [2.75, 3.05) is 33.3 Å². The second kappa shape index (κ2) is 9.22. The standard InChI is InChI=1S/C18H19BrN2O6/c1-5-27-18(23)10-6-7-20-13(8-10)21-17(22)11-9-12(24-2)15(25-3)16(26-4)14(11)19/h6-9H,5H2,1-4H3,(H,20,21,22). The minimum atomic E-state index is -0.496. The van der Waals surface area contributed by atoms with Gasteiger partial charge in [0, 0.05) is 6.20 Å². The van der Waals surface area contributed by atoms with Crippen LogP contribution >= 0.6 is 15.9 Å². The second-order valence-corrected chi connectivity index (χ2v) is 5.90. The zero-order valence-corrected chi connectivity index (χ0v) is 16.9. The first-order valence-electron chi connectivity index (χ1n) is 7.89. The van der Waals surface area contributed by atoms with Crippen LogP contribution in [-0.4, -0.2) is 44.8 Å². The quantitative estimate of drug-likeness (QED) is 0.662. The molecule has 2 aromatic rings. The number of amides is 1. The minimum Gasteiger partial charge on any atom is -0.493 e. The maximum Gasteiger partial charge on any atom is 0.338 e. The van der Waals surface area contributed by atoms with E-state index in [1.165, 1.54) is 45.7 Å². The summed E-state index contributed by atoms with van der Waals surface area (Å²) in [5, 5.41) is 2.64. The number of pyridine rings is 1. The van der Waals surface area contributed by atoms with Gasteiger partial charge in [0.2, 0.25) is 5.75 Å². The fourth-order valence-corrected chi connectivity index (χ4v) is 2.95. The molecular weight excluding hydrogens is 420 g/mol. The number of aromatic nitrogens is 1. The highest BCUT2D eigenvalue weighted by Gasteiger charge is 2.23. The number of hydrogen-bond donors (Lipinski definition) is 1. The van der Waals surface area contributed by atoms with Crippen molar-refractivity contribution < 1.29 is 28.5 Å². The van der Waals surface area contributed by atoms with Crippen molar-refractivity contribution in [2.45, 2.75) is 6.92 Å². The molecule has 1 aromatic heterocycles. The fraction of sp³-hybridized carbons (Fsp3) is 0.278. The summed E-state index contributed by atoms with van der Waals surface area (Å²) in [4.78, 5) is 28.6. The number of benzene rings is 1. The van der Waals surface area contributed by atoms with E-state index in [1.807, 2.05) is 0 Å². The number of rotatable bonds is 7. The van der Waals surface area contributed by atoms with E-state index in [9.17, 15) is 9.59 Å². The van der Waals surface area contributed by atoms with Gasteiger partial charge >= 0.3 is 5.97 Å². The largest absolute Gasteiger partial charge is 0.493 e. The predicted molar refractivity (Wildman–Crippen MR) is 102 cm³/mol. The molecule has 144 valence electrons. The normalized spacial score (nSPS) is 10.1. The maximum absolute atomic E-state index is 12.7. The highest BCUT2D eigenvalue weighted by Crippen LogP contribution is 2.44. The summed E-state index contributed by atoms with van der Waals surface area (Å²) in [6, 6.07) is 4.45. The van der Waals surface area contributed by atoms with Crippen LogP contribution in [0.15, 0.2) is 28.9 Å². The van der Waals surface area contributed by atoms with Crippen molar-refractivity contribution in [3.8, 4) is 17.2 Å². The highest BCUT2D eigenvalue weighted by atomic mass is 79.9. The molecule has 9 heteroatoms. The lowest BCUT2D eigenvalue weighted by atomic mass is 10.1. The lowest BCUT2D eigenvalue weighted by molar-refractivity contribution is 0.0526. The Hall–Kier alpha value is -2.81. The molecule has 0 saturated carbocycles. The van der Waals surface area contributed by atoms with E-state index < -0.39 is 11.9 Å². The Kier molecular flexibility index (Phi) is 7.00. The maximum atomic E-state index is 12.7. The Bertz CT molecular complexity index is 856. The van der Waals surface area contributed by atoms with E-state index in [2.05, 4.69) is 26.2 Å². The van der Waals surface area contributed by atoms with Crippen molar-refractivity contribution in [3.05, 3.63) is 40.0 Å². The second-order valence-electron chi connectivity index (χ2n) is 5.11. The topological polar surface area (TPSA) is 96.0 Å². The molecule has 8 nitrogen and oxygen atoms in total. The molecule has 1 N–H and O–H groups in total. The zero-order valence-electron chi connectivity index (χ0n) is 15.3. The van der Waals surface area contributed by atoms with Gasteiger partial charge in [-0.15, -0.1) is 0 Å². The van der Waals surface area contributed by atoms with E-state index >= 15 is 0 Å². The number of methoxy groups -OCH3 is 3. The van der Waals surface area contributed by atoms with Gasteiger partial charge in [-0.05, 0) is 41.1 Å². The van der Waals surface area contributed by atoms with Gasteiger partial charge < -0.3 is 24.3 Å². The van der Waals surface area contributed by atoms with Crippen molar-refractivity contribution in [1.82, 2.24) is 4.98 Å². The molecule has 0 aliphatic heterocycles. The molecule has 27 heavy (non-hydrogen) atoms. The minimum absolute atomic E-state index is 0.200. The molecule has 1 aromatic carbocycles. The summed E-state index contributed by atoms with van der Waals surface area (Å²) in [6.45, 7) is 1.96. The lowest BCUT2D eigenvalue weighted by Crippen LogP contribution is -2.15. The number of esters is 1. The van der Waals surface area contributed by atoms with Crippen molar-refractivity contribution >= 4 is 33.6 Å². The summed E-state index contributed by atoms with van der Waals surface area (Å²) in [6.07, 6.45) is 1.41. The Morgan fingerprint density at radius 2 is 1.81 bits per heavy atom. The zero-order chi connectivity index (χ0) is 20.0. The number of ether oxygens (including phenoxy) is 4. The number of nitrogens with one attached hydrogen (secondary N) is 1. The number of carbonyl (C=O) groups is 2. The van der Waals surface area contributed by atoms with Crippen LogP contribution in [0, 0.1) is 0 Å². The number of anilines is 1. The van der Waals surface area contributed by atoms with Gasteiger partial charge in [0.15, 0.2) is 11.5 Å². The van der Waals surface area contributed by atoms with Gasteiger partial charge in [0.25, 0.3) is 5.91 Å². The van der Waals surface area contributed by atoms with Crippen LogP contribution in [0.25, 0.3) is 0 Å². The molecule has 0 spiro atoms. The molecule has 1 amide bonds. The van der Waals surface area contributed by atoms with Crippen LogP contribution in [0.3, 0.4) is 0 Å². The highest BCUT2D eigenvalue weighted by molar-refractivity contribution is 9.10. The van der Waals surface area contributed by atoms with Gasteiger partial charge in [-0.1, -0.05) is 0 Å². The fourth-order valence-electron chi connectivity index (χ4n) is 2.31. The lowest BCUT2D eigenvalue weighted by Gasteiger charge is -2.16. The summed E-state index contributed by atoms with van der Waals surface area (Å²) in [5.74, 6) is 0.224. The van der Waals surface area contributed by atoms with Crippen LogP contribution in [0.1, 0.15) is 27.6 Å². The third-order valence-electron chi connectivity index (χ3n) is 3.53. The first-order valence-corrected chi connectivity index (χ1v) is 8.69. The van der Waals surface area contributed by atoms with E-state index in [-0.39, 0.29) is 23.6 Å². The van der Waals surface area contributed by atoms with E-state index in [0.717, 1.165) is 0 Å². The third-order valence-corrected chi connectivity index (χ3v) is 4.31. The molecule has 0 bridgehead atoms. The number of hydrogen-bond acceptors (Lipinski definition) is 7. The van der Waals surface area contributed by atoms with E-state index in [0.29, 0.717) is 21.7 Å². The van der Waals surface area contributed by atoms with Crippen molar-refractivity contribution in [2.24, 2.45) is 0 Å². The molecular formula is C18H19BrN2O6. The number of halogens is 1. The Morgan fingerprint density at radius 1 is 1.11 bits per heavy atom. The SMILES string of the molecule is CCOC(=O)c1ccnc(NC(=O)c2cc(OC)c(OC)c(OC)c2Br)c1. The van der Waals surface area contributed by atoms with Gasteiger partial charge in [0.05, 0.1) is 43.5 Å². The van der Waals surface area contributed by atoms with Crippen LogP contribution in [0.5, 0.6) is 17.2 Å². The summed E-state index contributed by atoms with van der Waals surface area (Å²) < 4.78 is 21.2. The smallest absolute Gasteiger partial charge is 0.338 e. The van der Waals surface area contributed by atoms with E-state index in [4.69, 9.17) is 18.9 Å². The molecule has 0 radical (unpaired) electrons. The average Bonchev–Trinajstić information content (AvgIpc) is 2.67. The Morgan fingerprint density at radius 3 is 2.41 bits per heavy atom. The molecule has 0 saturated heterocycles. The van der Waals surface area contributed by atoms with Gasteiger partial charge in [0.1, 0.15) is 5.82 Å². The molecule has 1 heterocycles. The average molecular weight is 439 g/mol. The molecule has 0 unspecified atom stereocenters. The molecule has 0 atom stereocenters. The van der Waals surface area contributed by atoms with Crippen molar-refractivity contribution in [1.29, 1.82) is 0 Å². The monoisotopic (exact) mass is 438 g/mol. The number of carbonyl (C=O) groups excluding carboxylic acids is 2. The van der Waals surface area contributed by atoms with Crippen molar-refractivity contribution in [3.63, 3.8) is 0 Å². The van der Waals surface area contributed by atoms with Crippen LogP contribution in [0.4, 0.5) is 5.82 Å². The summed E-state index contributed by atoms with van der Waals surface area (Å²) >= 11 is 3.35. The molecule has 0 aliphatic rings. The summed E-state index contributed by atoms with van der Waals surface area (Å²) in [7, 11) is 4.38. The van der Waals surface area contributed by atoms with Gasteiger partial charge in [-0.25, -0.2) is 9.78 Å². The van der Waals surface area contributed by atoms with Crippen LogP contribution in [0.2, 0.25) is 0 Å².